The van der Waals surface area contributed by atoms with Gasteiger partial charge in [0.25, 0.3) is 0 Å². The minimum absolute atomic E-state index is 0.0804. The Balaban J connectivity index is 0.000000340. The zero-order chi connectivity index (χ0) is 26.2. The summed E-state index contributed by atoms with van der Waals surface area (Å²) in [5.41, 5.74) is 3.77. The van der Waals surface area contributed by atoms with Gasteiger partial charge < -0.3 is 14.0 Å². The van der Waals surface area contributed by atoms with E-state index in [1.807, 2.05) is 48.5 Å². The van der Waals surface area contributed by atoms with E-state index in [0.29, 0.717) is 13.2 Å². The van der Waals surface area contributed by atoms with Gasteiger partial charge in [0.05, 0.1) is 19.8 Å². The maximum atomic E-state index is 10.9. The van der Waals surface area contributed by atoms with Gasteiger partial charge in [0.1, 0.15) is 6.29 Å². The van der Waals surface area contributed by atoms with Gasteiger partial charge in [0.15, 0.2) is 16.6 Å². The van der Waals surface area contributed by atoms with Crippen LogP contribution < -0.4 is 0 Å². The van der Waals surface area contributed by atoms with E-state index in [1.165, 1.54) is 0 Å². The minimum atomic E-state index is -1.74. The van der Waals surface area contributed by atoms with E-state index in [-0.39, 0.29) is 16.7 Å². The highest BCUT2D eigenvalue weighted by molar-refractivity contribution is 6.74. The van der Waals surface area contributed by atoms with Crippen LogP contribution in [0.5, 0.6) is 0 Å². The van der Waals surface area contributed by atoms with Gasteiger partial charge in [0, 0.05) is 5.56 Å². The Morgan fingerprint density at radius 2 is 1.09 bits per heavy atom. The molecular weight excluding hydrogens is 456 g/mol. The van der Waals surface area contributed by atoms with Crippen molar-refractivity contribution in [1.29, 1.82) is 0 Å². The lowest BCUT2D eigenvalue weighted by Crippen LogP contribution is -2.40. The first kappa shape index (κ1) is 30.5. The van der Waals surface area contributed by atoms with Gasteiger partial charge in [-0.2, -0.15) is 0 Å². The molecule has 0 heterocycles. The van der Waals surface area contributed by atoms with Crippen molar-refractivity contribution in [3.8, 4) is 0 Å². The number of aliphatic hydroxyl groups is 1. The van der Waals surface area contributed by atoms with Crippen molar-refractivity contribution in [1.82, 2.24) is 0 Å². The second-order valence-corrected chi connectivity index (χ2v) is 21.5. The zero-order valence-corrected chi connectivity index (χ0v) is 25.0. The van der Waals surface area contributed by atoms with Crippen LogP contribution in [0.1, 0.15) is 68.6 Å². The molecule has 0 aliphatic heterocycles. The monoisotopic (exact) mass is 502 g/mol. The fourth-order valence-electron chi connectivity index (χ4n) is 2.58. The number of hydrogen-bond acceptors (Lipinski definition) is 4. The Kier molecular flexibility index (Phi) is 11.1. The van der Waals surface area contributed by atoms with Gasteiger partial charge in [-0.15, -0.1) is 0 Å². The summed E-state index contributed by atoms with van der Waals surface area (Å²) in [5, 5.41) is 9.68. The zero-order valence-electron chi connectivity index (χ0n) is 23.0. The lowest BCUT2D eigenvalue weighted by atomic mass is 10.1. The van der Waals surface area contributed by atoms with Crippen molar-refractivity contribution < 1.29 is 18.8 Å². The Bertz CT molecular complexity index is 909. The lowest BCUT2D eigenvalue weighted by Gasteiger charge is -2.36. The van der Waals surface area contributed by atoms with Crippen LogP contribution in [0.4, 0.5) is 0 Å². The van der Waals surface area contributed by atoms with Crippen LogP contribution in [0.25, 0.3) is 0 Å². The summed E-state index contributed by atoms with van der Waals surface area (Å²) in [6, 6.07) is 15.5. The molecule has 0 spiro atoms. The highest BCUT2D eigenvalue weighted by atomic mass is 28.4. The Hall–Kier alpha value is -1.58. The molecule has 1 N–H and O–H groups in total. The van der Waals surface area contributed by atoms with Crippen LogP contribution in [-0.4, -0.2) is 28.0 Å². The molecule has 0 aromatic heterocycles. The average molecular weight is 503 g/mol. The van der Waals surface area contributed by atoms with Crippen LogP contribution in [-0.2, 0) is 28.7 Å². The van der Waals surface area contributed by atoms with Crippen LogP contribution in [0, 0.1) is 0 Å². The average Bonchev–Trinajstić information content (AvgIpc) is 2.75. The number of aliphatic hydroxyl groups excluding tert-OH is 1. The molecule has 6 heteroatoms. The van der Waals surface area contributed by atoms with Crippen LogP contribution in [0.2, 0.25) is 36.3 Å². The quantitative estimate of drug-likeness (QED) is 0.296. The molecule has 0 atom stereocenters. The van der Waals surface area contributed by atoms with Crippen molar-refractivity contribution in [2.75, 3.05) is 0 Å². The topological polar surface area (TPSA) is 55.8 Å². The standard InChI is InChI=1S/C14H24O2Si.C14H22O2Si/c2*1-14(2,3)17(4,5)16-11-13-9-7-6-8-12(13)10-15/h6-9,15H,10-11H2,1-5H3;6-10H,11H2,1-5H3. The first-order valence-corrected chi connectivity index (χ1v) is 17.9. The minimum Gasteiger partial charge on any atom is -0.413 e. The van der Waals surface area contributed by atoms with Crippen molar-refractivity contribution >= 4 is 22.9 Å². The smallest absolute Gasteiger partial charge is 0.192 e. The predicted molar refractivity (Wildman–Crippen MR) is 148 cm³/mol. The summed E-state index contributed by atoms with van der Waals surface area (Å²) < 4.78 is 12.3. The molecule has 0 fully saturated rings. The molecule has 0 saturated heterocycles. The van der Waals surface area contributed by atoms with E-state index in [2.05, 4.69) is 67.7 Å². The molecule has 34 heavy (non-hydrogen) atoms. The fourth-order valence-corrected chi connectivity index (χ4v) is 4.48. The molecular formula is C28H46O4Si2. The molecule has 4 nitrogen and oxygen atoms in total. The van der Waals surface area contributed by atoms with Crippen LogP contribution in [0.15, 0.2) is 48.5 Å². The summed E-state index contributed by atoms with van der Waals surface area (Å²) >= 11 is 0. The van der Waals surface area contributed by atoms with Gasteiger partial charge in [0.2, 0.25) is 0 Å². The molecule has 0 bridgehead atoms. The molecule has 0 aliphatic carbocycles. The van der Waals surface area contributed by atoms with Gasteiger partial charge in [-0.1, -0.05) is 90.1 Å². The van der Waals surface area contributed by atoms with Gasteiger partial charge in [-0.3, -0.25) is 4.79 Å². The van der Waals surface area contributed by atoms with Crippen molar-refractivity contribution in [2.45, 2.75) is 97.6 Å². The first-order valence-electron chi connectivity index (χ1n) is 12.0. The number of rotatable bonds is 8. The first-order chi connectivity index (χ1) is 15.6. The molecule has 2 aromatic carbocycles. The molecule has 0 aliphatic rings. The van der Waals surface area contributed by atoms with E-state index >= 15 is 0 Å². The van der Waals surface area contributed by atoms with E-state index in [4.69, 9.17) is 8.85 Å². The molecule has 0 saturated carbocycles. The summed E-state index contributed by atoms with van der Waals surface area (Å²) in [4.78, 5) is 10.9. The van der Waals surface area contributed by atoms with Crippen LogP contribution in [0.3, 0.4) is 0 Å². The Morgan fingerprint density at radius 1 is 0.706 bits per heavy atom. The highest BCUT2D eigenvalue weighted by Gasteiger charge is 2.37. The number of hydrogen-bond donors (Lipinski definition) is 1. The largest absolute Gasteiger partial charge is 0.413 e. The van der Waals surface area contributed by atoms with Gasteiger partial charge in [-0.05, 0) is 53.0 Å². The number of aldehydes is 1. The Labute approximate surface area is 210 Å². The summed E-state index contributed by atoms with van der Waals surface area (Å²) in [7, 11) is -3.44. The molecule has 190 valence electrons. The summed E-state index contributed by atoms with van der Waals surface area (Å²) in [6.45, 7) is 23.5. The molecule has 0 amide bonds. The Morgan fingerprint density at radius 3 is 1.50 bits per heavy atom. The maximum absolute atomic E-state index is 10.9. The second kappa shape index (κ2) is 12.4. The summed E-state index contributed by atoms with van der Waals surface area (Å²) in [5.74, 6) is 0. The van der Waals surface area contributed by atoms with E-state index < -0.39 is 16.6 Å². The van der Waals surface area contributed by atoms with E-state index in [0.717, 1.165) is 28.5 Å². The SMILES string of the molecule is CC(C)(C)[Si](C)(C)OCc1ccccc1C=O.CC(C)(C)[Si](C)(C)OCc1ccccc1CO. The fraction of sp³-hybridized carbons (Fsp3) is 0.536. The molecule has 0 unspecified atom stereocenters. The maximum Gasteiger partial charge on any atom is 0.192 e. The normalized spacial score (nSPS) is 12.7. The third-order valence-corrected chi connectivity index (χ3v) is 16.2. The highest BCUT2D eigenvalue weighted by Crippen LogP contribution is 2.38. The van der Waals surface area contributed by atoms with Crippen molar-refractivity contribution in [3.05, 3.63) is 70.8 Å². The third-order valence-electron chi connectivity index (χ3n) is 7.26. The van der Waals surface area contributed by atoms with E-state index in [9.17, 15) is 9.90 Å². The number of benzene rings is 2. The predicted octanol–water partition coefficient (Wildman–Crippen LogP) is 7.72. The number of carbonyl (C=O) groups excluding carboxylic acids is 1. The van der Waals surface area contributed by atoms with Crippen molar-refractivity contribution in [3.63, 3.8) is 0 Å². The van der Waals surface area contributed by atoms with Gasteiger partial charge in [-0.25, -0.2) is 0 Å². The van der Waals surface area contributed by atoms with E-state index in [1.54, 1.807) is 0 Å². The summed E-state index contributed by atoms with van der Waals surface area (Å²) in [6.07, 6.45) is 0.893. The van der Waals surface area contributed by atoms with Crippen molar-refractivity contribution in [2.24, 2.45) is 0 Å². The second-order valence-electron chi connectivity index (χ2n) is 11.8. The molecule has 0 radical (unpaired) electrons. The van der Waals surface area contributed by atoms with Gasteiger partial charge >= 0.3 is 0 Å². The molecule has 2 rings (SSSR count). The van der Waals surface area contributed by atoms with Crippen LogP contribution >= 0.6 is 0 Å². The number of carbonyl (C=O) groups is 1. The lowest BCUT2D eigenvalue weighted by molar-refractivity contribution is 0.112. The third kappa shape index (κ3) is 8.89. The molecule has 2 aromatic rings.